The number of pyridine rings is 1. The molecule has 1 N–H and O–H groups in total. The second kappa shape index (κ2) is 9.04. The van der Waals surface area contributed by atoms with Crippen molar-refractivity contribution in [3.05, 3.63) is 23.9 Å². The molecule has 0 aromatic carbocycles. The van der Waals surface area contributed by atoms with Gasteiger partial charge in [0.05, 0.1) is 13.2 Å². The van der Waals surface area contributed by atoms with E-state index in [0.717, 1.165) is 5.69 Å². The third-order valence-corrected chi connectivity index (χ3v) is 2.74. The molecule has 116 valence electrons. The van der Waals surface area contributed by atoms with Gasteiger partial charge in [-0.05, 0) is 19.1 Å². The molecular weight excluding hydrogens is 274 g/mol. The summed E-state index contributed by atoms with van der Waals surface area (Å²) in [6.07, 6.45) is 0. The molecule has 1 heterocycles. The zero-order chi connectivity index (χ0) is 15.7. The van der Waals surface area contributed by atoms with Crippen molar-refractivity contribution >= 4 is 17.6 Å². The number of carbonyl (C=O) groups is 2. The zero-order valence-corrected chi connectivity index (χ0v) is 12.6. The minimum atomic E-state index is -0.722. The van der Waals surface area contributed by atoms with Crippen molar-refractivity contribution in [1.82, 2.24) is 9.88 Å². The van der Waals surface area contributed by atoms with Crippen LogP contribution in [0.2, 0.25) is 0 Å². The highest BCUT2D eigenvalue weighted by Crippen LogP contribution is 2.04. The number of hydrogen-bond acceptors (Lipinski definition) is 5. The number of carbonyl (C=O) groups excluding carboxylic acids is 2. The summed E-state index contributed by atoms with van der Waals surface area (Å²) in [7, 11) is 3.07. The number of hydrogen-bond donors (Lipinski definition) is 1. The number of aromatic nitrogens is 1. The molecular formula is C14H21N3O4. The Hall–Kier alpha value is -1.99. The fourth-order valence-corrected chi connectivity index (χ4v) is 1.64. The molecule has 21 heavy (non-hydrogen) atoms. The molecule has 0 bridgehead atoms. The second-order valence-electron chi connectivity index (χ2n) is 4.40. The Morgan fingerprint density at radius 2 is 1.81 bits per heavy atom. The summed E-state index contributed by atoms with van der Waals surface area (Å²) in [5.41, 5.74) is 0.760. The second-order valence-corrected chi connectivity index (χ2v) is 4.40. The summed E-state index contributed by atoms with van der Waals surface area (Å²) in [6.45, 7) is 3.17. The van der Waals surface area contributed by atoms with Crippen LogP contribution in [0.5, 0.6) is 0 Å². The number of rotatable bonds is 7. The van der Waals surface area contributed by atoms with E-state index in [1.54, 1.807) is 25.1 Å². The van der Waals surface area contributed by atoms with Crippen LogP contribution in [0.3, 0.4) is 0 Å². The van der Waals surface area contributed by atoms with E-state index in [1.807, 2.05) is 0 Å². The minimum absolute atomic E-state index is 0.327. The van der Waals surface area contributed by atoms with Gasteiger partial charge >= 0.3 is 11.8 Å². The lowest BCUT2D eigenvalue weighted by Crippen LogP contribution is -2.43. The van der Waals surface area contributed by atoms with Crippen LogP contribution in [0.15, 0.2) is 18.2 Å². The smallest absolute Gasteiger partial charge is 0.315 e. The van der Waals surface area contributed by atoms with Gasteiger partial charge in [0.15, 0.2) is 0 Å². The fraction of sp³-hybridized carbons (Fsp3) is 0.500. The van der Waals surface area contributed by atoms with Gasteiger partial charge in [-0.2, -0.15) is 0 Å². The van der Waals surface area contributed by atoms with E-state index in [0.29, 0.717) is 32.1 Å². The predicted molar refractivity (Wildman–Crippen MR) is 77.9 cm³/mol. The van der Waals surface area contributed by atoms with Crippen molar-refractivity contribution in [1.29, 1.82) is 0 Å². The van der Waals surface area contributed by atoms with Crippen molar-refractivity contribution in [2.45, 2.75) is 6.92 Å². The summed E-state index contributed by atoms with van der Waals surface area (Å²) in [6, 6.07) is 5.20. The summed E-state index contributed by atoms with van der Waals surface area (Å²) in [4.78, 5) is 29.6. The van der Waals surface area contributed by atoms with Crippen LogP contribution in [0.25, 0.3) is 0 Å². The first-order valence-corrected chi connectivity index (χ1v) is 6.60. The number of ether oxygens (including phenoxy) is 2. The van der Waals surface area contributed by atoms with Gasteiger partial charge < -0.3 is 19.7 Å². The van der Waals surface area contributed by atoms with Gasteiger partial charge in [-0.3, -0.25) is 9.59 Å². The Morgan fingerprint density at radius 3 is 2.33 bits per heavy atom. The van der Waals surface area contributed by atoms with Crippen LogP contribution in [-0.4, -0.2) is 62.2 Å². The Kier molecular flexibility index (Phi) is 7.34. The van der Waals surface area contributed by atoms with E-state index in [9.17, 15) is 9.59 Å². The lowest BCUT2D eigenvalue weighted by Gasteiger charge is -2.21. The minimum Gasteiger partial charge on any atom is -0.383 e. The summed E-state index contributed by atoms with van der Waals surface area (Å²) >= 11 is 0. The molecule has 0 unspecified atom stereocenters. The van der Waals surface area contributed by atoms with Crippen LogP contribution in [0.1, 0.15) is 5.69 Å². The van der Waals surface area contributed by atoms with Crippen molar-refractivity contribution in [2.24, 2.45) is 0 Å². The first-order chi connectivity index (χ1) is 10.1. The topological polar surface area (TPSA) is 80.8 Å². The molecule has 0 aliphatic heterocycles. The molecule has 0 aliphatic rings. The highest BCUT2D eigenvalue weighted by atomic mass is 16.5. The molecule has 7 nitrogen and oxygen atoms in total. The van der Waals surface area contributed by atoms with E-state index in [2.05, 4.69) is 10.3 Å². The standard InChI is InChI=1S/C14H21N3O4/c1-11-5-4-6-12(15-11)16-13(18)14(19)17(7-9-20-2)8-10-21-3/h4-6H,7-10H2,1-3H3,(H,15,16,18). The van der Waals surface area contributed by atoms with Gasteiger partial charge in [0.2, 0.25) is 0 Å². The lowest BCUT2D eigenvalue weighted by molar-refractivity contribution is -0.144. The van der Waals surface area contributed by atoms with E-state index in [1.165, 1.54) is 19.1 Å². The molecule has 1 rings (SSSR count). The number of anilines is 1. The molecule has 0 fully saturated rings. The normalized spacial score (nSPS) is 10.2. The molecule has 0 radical (unpaired) electrons. The van der Waals surface area contributed by atoms with Gasteiger partial charge in [-0.1, -0.05) is 6.07 Å². The molecule has 0 aliphatic carbocycles. The van der Waals surface area contributed by atoms with Gasteiger partial charge in [-0.15, -0.1) is 0 Å². The highest BCUT2D eigenvalue weighted by molar-refractivity contribution is 6.39. The van der Waals surface area contributed by atoms with E-state index in [4.69, 9.17) is 9.47 Å². The van der Waals surface area contributed by atoms with E-state index >= 15 is 0 Å². The summed E-state index contributed by atoms with van der Waals surface area (Å²) in [5.74, 6) is -1.00. The van der Waals surface area contributed by atoms with Crippen LogP contribution >= 0.6 is 0 Å². The lowest BCUT2D eigenvalue weighted by atomic mass is 10.3. The molecule has 1 aromatic heterocycles. The third-order valence-electron chi connectivity index (χ3n) is 2.74. The molecule has 2 amide bonds. The third kappa shape index (κ3) is 5.88. The van der Waals surface area contributed by atoms with Crippen molar-refractivity contribution in [3.63, 3.8) is 0 Å². The highest BCUT2D eigenvalue weighted by Gasteiger charge is 2.21. The quantitative estimate of drug-likeness (QED) is 0.739. The van der Waals surface area contributed by atoms with Crippen LogP contribution in [0.4, 0.5) is 5.82 Å². The average Bonchev–Trinajstić information content (AvgIpc) is 2.47. The Balaban J connectivity index is 2.65. The van der Waals surface area contributed by atoms with E-state index in [-0.39, 0.29) is 0 Å². The monoisotopic (exact) mass is 295 g/mol. The van der Waals surface area contributed by atoms with Gasteiger partial charge in [-0.25, -0.2) is 4.98 Å². The maximum atomic E-state index is 12.1. The first-order valence-electron chi connectivity index (χ1n) is 6.60. The summed E-state index contributed by atoms with van der Waals surface area (Å²) < 4.78 is 9.87. The van der Waals surface area contributed by atoms with Crippen LogP contribution in [-0.2, 0) is 19.1 Å². The Morgan fingerprint density at radius 1 is 1.19 bits per heavy atom. The SMILES string of the molecule is COCCN(CCOC)C(=O)C(=O)Nc1cccc(C)n1. The predicted octanol–water partition coefficient (Wildman–Crippen LogP) is 0.450. The molecule has 0 saturated heterocycles. The molecule has 0 atom stereocenters. The van der Waals surface area contributed by atoms with Gasteiger partial charge in [0.1, 0.15) is 5.82 Å². The Labute approximate surface area is 124 Å². The van der Waals surface area contributed by atoms with Crippen molar-refractivity contribution in [2.75, 3.05) is 45.8 Å². The number of amides is 2. The summed E-state index contributed by atoms with van der Waals surface area (Å²) in [5, 5.41) is 2.49. The van der Waals surface area contributed by atoms with Crippen LogP contribution < -0.4 is 5.32 Å². The first kappa shape index (κ1) is 17.1. The van der Waals surface area contributed by atoms with Gasteiger partial charge in [0.25, 0.3) is 0 Å². The molecule has 0 spiro atoms. The number of nitrogens with zero attached hydrogens (tertiary/aromatic N) is 2. The zero-order valence-electron chi connectivity index (χ0n) is 12.6. The van der Waals surface area contributed by atoms with Crippen LogP contribution in [0, 0.1) is 6.92 Å². The average molecular weight is 295 g/mol. The van der Waals surface area contributed by atoms with Crippen molar-refractivity contribution in [3.8, 4) is 0 Å². The number of methoxy groups -OCH3 is 2. The maximum Gasteiger partial charge on any atom is 0.315 e. The molecule has 1 aromatic rings. The maximum absolute atomic E-state index is 12.1. The van der Waals surface area contributed by atoms with Crippen molar-refractivity contribution < 1.29 is 19.1 Å². The number of aryl methyl sites for hydroxylation is 1. The van der Waals surface area contributed by atoms with E-state index < -0.39 is 11.8 Å². The number of nitrogens with one attached hydrogen (secondary N) is 1. The largest absolute Gasteiger partial charge is 0.383 e. The van der Waals surface area contributed by atoms with Gasteiger partial charge in [0, 0.05) is 33.0 Å². The molecule has 0 saturated carbocycles. The molecule has 7 heteroatoms. The Bertz CT molecular complexity index is 471. The fourth-order valence-electron chi connectivity index (χ4n) is 1.64.